The Morgan fingerprint density at radius 3 is 2.74 bits per heavy atom. The maximum absolute atomic E-state index is 15.1. The molecule has 4 rings (SSSR count). The van der Waals surface area contributed by atoms with Crippen LogP contribution in [-0.2, 0) is 14.6 Å². The van der Waals surface area contributed by atoms with Gasteiger partial charge >= 0.3 is 0 Å². The summed E-state index contributed by atoms with van der Waals surface area (Å²) in [5.41, 5.74) is 6.20. The first-order valence-electron chi connectivity index (χ1n) is 9.48. The zero-order valence-corrected chi connectivity index (χ0v) is 18.5. The molecular weight excluding hydrogens is 437 g/mol. The maximum atomic E-state index is 15.1. The third kappa shape index (κ3) is 3.42. The van der Waals surface area contributed by atoms with E-state index in [0.29, 0.717) is 16.0 Å². The molecule has 2 aliphatic rings. The van der Waals surface area contributed by atoms with Crippen molar-refractivity contribution in [3.8, 4) is 6.07 Å². The number of aliphatic imine (C=N–C) groups is 1. The standard InChI is InChI=1S/C21H20FN5O2S2/c1-20(18-15(22)8-16(30-18)14-7-13(9-23)10-25-11-14)12-31(28,29)21(2,19(24)27-20)17-5-3-4-6-26-17/h3-8,10-11,15,18H,12H2,1-2H3,(H2,24,27). The fourth-order valence-electron chi connectivity index (χ4n) is 3.93. The highest BCUT2D eigenvalue weighted by Gasteiger charge is 2.57. The quantitative estimate of drug-likeness (QED) is 0.752. The van der Waals surface area contributed by atoms with Crippen LogP contribution >= 0.6 is 11.8 Å². The summed E-state index contributed by atoms with van der Waals surface area (Å²) < 4.78 is 40.4. The Bertz CT molecular complexity index is 1240. The Morgan fingerprint density at radius 2 is 2.10 bits per heavy atom. The fraction of sp³-hybridized carbons (Fsp3) is 0.333. The number of pyridine rings is 2. The number of thioether (sulfide) groups is 1. The second-order valence-corrected chi connectivity index (χ2v) is 11.5. The van der Waals surface area contributed by atoms with Crippen LogP contribution in [0.4, 0.5) is 4.39 Å². The summed E-state index contributed by atoms with van der Waals surface area (Å²) in [6, 6.07) is 8.60. The van der Waals surface area contributed by atoms with Gasteiger partial charge in [-0.1, -0.05) is 6.07 Å². The molecule has 0 radical (unpaired) electrons. The molecule has 4 atom stereocenters. The van der Waals surface area contributed by atoms with Crippen LogP contribution in [-0.4, -0.2) is 46.9 Å². The summed E-state index contributed by atoms with van der Waals surface area (Å²) >= 11 is 1.19. The lowest BCUT2D eigenvalue weighted by molar-refractivity contribution is 0.325. The van der Waals surface area contributed by atoms with E-state index in [0.717, 1.165) is 0 Å². The van der Waals surface area contributed by atoms with Crippen LogP contribution in [0.5, 0.6) is 0 Å². The van der Waals surface area contributed by atoms with Crippen molar-refractivity contribution in [2.75, 3.05) is 5.75 Å². The minimum atomic E-state index is -3.86. The number of hydrogen-bond acceptors (Lipinski definition) is 8. The minimum absolute atomic E-state index is 0.102. The van der Waals surface area contributed by atoms with Crippen molar-refractivity contribution < 1.29 is 12.8 Å². The van der Waals surface area contributed by atoms with E-state index < -0.39 is 31.5 Å². The van der Waals surface area contributed by atoms with E-state index in [2.05, 4.69) is 15.0 Å². The Balaban J connectivity index is 1.71. The number of nitriles is 1. The first-order valence-corrected chi connectivity index (χ1v) is 12.0. The lowest BCUT2D eigenvalue weighted by Crippen LogP contribution is -2.59. The molecule has 2 aromatic rings. The van der Waals surface area contributed by atoms with Gasteiger partial charge in [0.1, 0.15) is 18.1 Å². The average molecular weight is 458 g/mol. The van der Waals surface area contributed by atoms with Gasteiger partial charge in [0.2, 0.25) is 0 Å². The largest absolute Gasteiger partial charge is 0.386 e. The number of alkyl halides is 1. The van der Waals surface area contributed by atoms with Gasteiger partial charge in [0.05, 0.1) is 27.8 Å². The lowest BCUT2D eigenvalue weighted by Gasteiger charge is -2.42. The van der Waals surface area contributed by atoms with Crippen LogP contribution in [0, 0.1) is 11.3 Å². The van der Waals surface area contributed by atoms with Crippen molar-refractivity contribution in [1.29, 1.82) is 5.26 Å². The predicted molar refractivity (Wildman–Crippen MR) is 119 cm³/mol. The first-order chi connectivity index (χ1) is 14.6. The molecule has 0 saturated carbocycles. The fourth-order valence-corrected chi connectivity index (χ4v) is 7.47. The van der Waals surface area contributed by atoms with Gasteiger partial charge in [-0.2, -0.15) is 5.26 Å². The van der Waals surface area contributed by atoms with E-state index in [1.54, 1.807) is 37.4 Å². The van der Waals surface area contributed by atoms with Crippen molar-refractivity contribution in [2.45, 2.75) is 35.6 Å². The molecule has 4 heterocycles. The molecule has 2 N–H and O–H groups in total. The van der Waals surface area contributed by atoms with E-state index in [1.165, 1.54) is 37.2 Å². The number of aromatic nitrogens is 2. The number of nitrogens with zero attached hydrogens (tertiary/aromatic N) is 4. The van der Waals surface area contributed by atoms with E-state index in [4.69, 9.17) is 11.0 Å². The van der Waals surface area contributed by atoms with Crippen LogP contribution in [0.25, 0.3) is 4.91 Å². The van der Waals surface area contributed by atoms with Gasteiger partial charge in [0.15, 0.2) is 14.6 Å². The molecule has 2 aromatic heterocycles. The molecule has 0 spiro atoms. The SMILES string of the molecule is CC1(C2SC(c3cncc(C#N)c3)=CC2F)CS(=O)(=O)C(C)(c2ccccn2)C(N)=N1. The first kappa shape index (κ1) is 21.5. The van der Waals surface area contributed by atoms with Gasteiger partial charge < -0.3 is 5.73 Å². The Kier molecular flexibility index (Phi) is 5.14. The summed E-state index contributed by atoms with van der Waals surface area (Å²) in [6.07, 6.45) is 4.45. The number of halogens is 1. The highest BCUT2D eigenvalue weighted by molar-refractivity contribution is 8.09. The molecule has 0 aromatic carbocycles. The molecule has 160 valence electrons. The number of sulfone groups is 1. The molecule has 31 heavy (non-hydrogen) atoms. The Morgan fingerprint density at radius 1 is 1.32 bits per heavy atom. The van der Waals surface area contributed by atoms with E-state index in [9.17, 15) is 8.42 Å². The third-order valence-corrected chi connectivity index (χ3v) is 10.0. The summed E-state index contributed by atoms with van der Waals surface area (Å²) in [5.74, 6) is -0.474. The highest BCUT2D eigenvalue weighted by atomic mass is 32.2. The van der Waals surface area contributed by atoms with Crippen LogP contribution in [0.2, 0.25) is 0 Å². The molecule has 10 heteroatoms. The second kappa shape index (κ2) is 7.43. The predicted octanol–water partition coefficient (Wildman–Crippen LogP) is 2.60. The smallest absolute Gasteiger partial charge is 0.171 e. The zero-order chi connectivity index (χ0) is 22.4. The van der Waals surface area contributed by atoms with Gasteiger partial charge in [-0.3, -0.25) is 15.0 Å². The van der Waals surface area contributed by atoms with E-state index in [-0.39, 0.29) is 17.3 Å². The van der Waals surface area contributed by atoms with E-state index in [1.807, 2.05) is 6.07 Å². The van der Waals surface area contributed by atoms with Crippen molar-refractivity contribution in [3.63, 3.8) is 0 Å². The second-order valence-electron chi connectivity index (χ2n) is 7.95. The van der Waals surface area contributed by atoms with Crippen molar-refractivity contribution in [3.05, 3.63) is 65.8 Å². The van der Waals surface area contributed by atoms with E-state index >= 15 is 4.39 Å². The average Bonchev–Trinajstić information content (AvgIpc) is 3.15. The molecule has 4 unspecified atom stereocenters. The van der Waals surface area contributed by atoms with Gasteiger partial charge in [-0.25, -0.2) is 12.8 Å². The zero-order valence-electron chi connectivity index (χ0n) is 16.9. The summed E-state index contributed by atoms with van der Waals surface area (Å²) in [7, 11) is -3.86. The van der Waals surface area contributed by atoms with Gasteiger partial charge in [-0.15, -0.1) is 11.8 Å². The maximum Gasteiger partial charge on any atom is 0.171 e. The molecule has 0 aliphatic carbocycles. The van der Waals surface area contributed by atoms with Crippen molar-refractivity contribution in [1.82, 2.24) is 9.97 Å². The normalized spacial score (nSPS) is 32.1. The minimum Gasteiger partial charge on any atom is -0.386 e. The molecule has 0 fully saturated rings. The highest BCUT2D eigenvalue weighted by Crippen LogP contribution is 2.49. The summed E-state index contributed by atoms with van der Waals surface area (Å²) in [6.45, 7) is 3.10. The number of allylic oxidation sites excluding steroid dienone is 1. The van der Waals surface area contributed by atoms with Crippen LogP contribution in [0.15, 0.2) is 53.9 Å². The Labute approximate surface area is 184 Å². The molecular formula is C21H20FN5O2S2. The Hall–Kier alpha value is -2.77. The number of hydrogen-bond donors (Lipinski definition) is 1. The molecule has 0 amide bonds. The molecule has 0 saturated heterocycles. The molecule has 2 aliphatic heterocycles. The monoisotopic (exact) mass is 457 g/mol. The van der Waals surface area contributed by atoms with Gasteiger partial charge in [0, 0.05) is 29.1 Å². The van der Waals surface area contributed by atoms with Crippen LogP contribution in [0.3, 0.4) is 0 Å². The van der Waals surface area contributed by atoms with Gasteiger partial charge in [0.25, 0.3) is 0 Å². The summed E-state index contributed by atoms with van der Waals surface area (Å²) in [5, 5.41) is 8.29. The number of rotatable bonds is 3. The number of nitrogens with two attached hydrogens (primary N) is 1. The summed E-state index contributed by atoms with van der Waals surface area (Å²) in [4.78, 5) is 13.3. The van der Waals surface area contributed by atoms with Crippen LogP contribution in [0.1, 0.15) is 30.7 Å². The molecule has 7 nitrogen and oxygen atoms in total. The number of amidine groups is 1. The van der Waals surface area contributed by atoms with Crippen molar-refractivity contribution in [2.24, 2.45) is 10.7 Å². The van der Waals surface area contributed by atoms with Crippen LogP contribution < -0.4 is 5.73 Å². The topological polar surface area (TPSA) is 122 Å². The third-order valence-electron chi connectivity index (χ3n) is 5.74. The molecule has 0 bridgehead atoms. The van der Waals surface area contributed by atoms with Crippen molar-refractivity contribution >= 4 is 32.3 Å². The van der Waals surface area contributed by atoms with Gasteiger partial charge in [-0.05, 0) is 38.1 Å². The lowest BCUT2D eigenvalue weighted by atomic mass is 9.95.